The molecule has 0 amide bonds. The van der Waals surface area contributed by atoms with Crippen LogP contribution in [0.3, 0.4) is 0 Å². The van der Waals surface area contributed by atoms with Gasteiger partial charge in [0.25, 0.3) is 0 Å². The summed E-state index contributed by atoms with van der Waals surface area (Å²) in [6, 6.07) is 6.33. The number of amidine groups is 1. The van der Waals surface area contributed by atoms with E-state index in [2.05, 4.69) is 31.2 Å². The SMILES string of the molecule is C#CCOc1cnc2c(Nc3ccc(F)c(C[C@](C)(COC)SC(N)=NCF)c3)ncnc2c1. The molecule has 0 aliphatic heterocycles. The predicted octanol–water partition coefficient (Wildman–Crippen LogP) is 3.84. The zero-order valence-corrected chi connectivity index (χ0v) is 19.5. The molecule has 3 aromatic rings. The number of alkyl halides is 1. The second kappa shape index (κ2) is 11.6. The Bertz CT molecular complexity index is 1220. The molecule has 0 radical (unpaired) electrons. The summed E-state index contributed by atoms with van der Waals surface area (Å²) < 4.78 is 37.2. The molecule has 0 fully saturated rings. The Morgan fingerprint density at radius 1 is 1.32 bits per heavy atom. The normalized spacial score (nSPS) is 13.3. The number of terminal acetylenes is 1. The average molecular weight is 487 g/mol. The van der Waals surface area contributed by atoms with Crippen molar-refractivity contribution in [3.05, 3.63) is 48.2 Å². The third kappa shape index (κ3) is 6.52. The highest BCUT2D eigenvalue weighted by atomic mass is 32.2. The summed E-state index contributed by atoms with van der Waals surface area (Å²) in [6.45, 7) is 1.30. The highest BCUT2D eigenvalue weighted by Gasteiger charge is 2.29. The fourth-order valence-corrected chi connectivity index (χ4v) is 4.34. The van der Waals surface area contributed by atoms with Gasteiger partial charge in [-0.15, -0.1) is 6.42 Å². The summed E-state index contributed by atoms with van der Waals surface area (Å²) in [5.74, 6) is 2.93. The molecule has 1 aromatic carbocycles. The maximum atomic E-state index is 14.7. The predicted molar refractivity (Wildman–Crippen MR) is 131 cm³/mol. The van der Waals surface area contributed by atoms with Gasteiger partial charge >= 0.3 is 0 Å². The first-order valence-corrected chi connectivity index (χ1v) is 11.0. The van der Waals surface area contributed by atoms with Gasteiger partial charge in [-0.3, -0.25) is 0 Å². The van der Waals surface area contributed by atoms with Gasteiger partial charge in [0.2, 0.25) is 0 Å². The maximum absolute atomic E-state index is 14.7. The average Bonchev–Trinajstić information content (AvgIpc) is 2.80. The van der Waals surface area contributed by atoms with E-state index in [1.807, 2.05) is 6.92 Å². The van der Waals surface area contributed by atoms with E-state index in [1.54, 1.807) is 18.2 Å². The van der Waals surface area contributed by atoms with Gasteiger partial charge in [-0.2, -0.15) is 0 Å². The summed E-state index contributed by atoms with van der Waals surface area (Å²) >= 11 is 1.14. The van der Waals surface area contributed by atoms with Crippen molar-refractivity contribution in [2.24, 2.45) is 10.7 Å². The first-order chi connectivity index (χ1) is 16.4. The maximum Gasteiger partial charge on any atom is 0.182 e. The number of hydrogen-bond donors (Lipinski definition) is 2. The molecule has 0 aliphatic rings. The Morgan fingerprint density at radius 3 is 2.88 bits per heavy atom. The number of benzene rings is 1. The molecule has 34 heavy (non-hydrogen) atoms. The molecule has 0 bridgehead atoms. The van der Waals surface area contributed by atoms with E-state index in [9.17, 15) is 8.78 Å². The molecule has 1 atom stereocenters. The quantitative estimate of drug-likeness (QED) is 0.193. The van der Waals surface area contributed by atoms with Gasteiger partial charge in [-0.1, -0.05) is 17.7 Å². The summed E-state index contributed by atoms with van der Waals surface area (Å²) in [5, 5.41) is 3.24. The molecule has 0 unspecified atom stereocenters. The van der Waals surface area contributed by atoms with Crippen molar-refractivity contribution in [2.75, 3.05) is 32.4 Å². The molecular formula is C23H24F2N6O2S. The molecule has 0 saturated heterocycles. The van der Waals surface area contributed by atoms with E-state index in [-0.39, 0.29) is 24.8 Å². The number of nitrogens with one attached hydrogen (secondary N) is 1. The van der Waals surface area contributed by atoms with Crippen LogP contribution in [0.25, 0.3) is 11.0 Å². The molecule has 11 heteroatoms. The number of hydrogen-bond acceptors (Lipinski definition) is 8. The number of rotatable bonds is 10. The summed E-state index contributed by atoms with van der Waals surface area (Å²) in [6.07, 6.45) is 8.40. The fraction of sp³-hybridized carbons (Fsp3) is 0.304. The van der Waals surface area contributed by atoms with Crippen molar-refractivity contribution in [1.29, 1.82) is 0 Å². The minimum absolute atomic E-state index is 0.0702. The van der Waals surface area contributed by atoms with Gasteiger partial charge in [-0.25, -0.2) is 28.7 Å². The minimum atomic E-state index is -0.923. The molecule has 2 heterocycles. The number of thioether (sulfide) groups is 1. The van der Waals surface area contributed by atoms with Crippen LogP contribution in [-0.2, 0) is 11.2 Å². The number of anilines is 2. The van der Waals surface area contributed by atoms with Gasteiger partial charge < -0.3 is 20.5 Å². The number of nitrogens with zero attached hydrogens (tertiary/aromatic N) is 4. The highest BCUT2D eigenvalue weighted by molar-refractivity contribution is 8.15. The lowest BCUT2D eigenvalue weighted by Gasteiger charge is -2.28. The number of aliphatic imine (C=N–C) groups is 1. The fourth-order valence-electron chi connectivity index (χ4n) is 3.31. The molecule has 0 saturated carbocycles. The van der Waals surface area contributed by atoms with Crippen LogP contribution in [0.4, 0.5) is 20.3 Å². The molecule has 3 rings (SSSR count). The molecule has 8 nitrogen and oxygen atoms in total. The third-order valence-corrected chi connectivity index (χ3v) is 5.75. The molecule has 0 aliphatic carbocycles. The van der Waals surface area contributed by atoms with Crippen LogP contribution in [0.2, 0.25) is 0 Å². The van der Waals surface area contributed by atoms with Crippen LogP contribution < -0.4 is 15.8 Å². The monoisotopic (exact) mass is 486 g/mol. The second-order valence-electron chi connectivity index (χ2n) is 7.46. The minimum Gasteiger partial charge on any atom is -0.479 e. The van der Waals surface area contributed by atoms with Gasteiger partial charge in [0, 0.05) is 23.6 Å². The molecule has 0 spiro atoms. The van der Waals surface area contributed by atoms with E-state index < -0.39 is 17.4 Å². The topological polar surface area (TPSA) is 108 Å². The summed E-state index contributed by atoms with van der Waals surface area (Å²) in [5.41, 5.74) is 7.87. The summed E-state index contributed by atoms with van der Waals surface area (Å²) in [4.78, 5) is 16.4. The zero-order chi connectivity index (χ0) is 24.6. The van der Waals surface area contributed by atoms with Crippen LogP contribution in [0.15, 0.2) is 41.8 Å². The van der Waals surface area contributed by atoms with Crippen molar-refractivity contribution in [1.82, 2.24) is 15.0 Å². The van der Waals surface area contributed by atoms with Crippen molar-refractivity contribution < 1.29 is 18.3 Å². The number of pyridine rings is 1. The van der Waals surface area contributed by atoms with Crippen LogP contribution in [0.5, 0.6) is 5.75 Å². The number of nitrogens with two attached hydrogens (primary N) is 1. The zero-order valence-electron chi connectivity index (χ0n) is 18.7. The standard InChI is InChI=1S/C23H24F2N6O2S/c1-4-7-33-17-9-19-20(27-11-17)21(30-14-29-19)31-16-5-6-18(25)15(8-16)10-23(2,12-32-3)34-22(26)28-13-24/h1,5-6,8-9,11,14H,7,10,12-13H2,2-3H3,(H2,26,28)(H,29,30,31)/t23-/m1/s1. The third-order valence-electron chi connectivity index (χ3n) is 4.66. The van der Waals surface area contributed by atoms with Crippen LogP contribution in [0.1, 0.15) is 12.5 Å². The lowest BCUT2D eigenvalue weighted by atomic mass is 10.00. The van der Waals surface area contributed by atoms with Crippen molar-refractivity contribution >= 4 is 39.5 Å². The number of halogens is 2. The van der Waals surface area contributed by atoms with Gasteiger partial charge in [0.05, 0.1) is 18.3 Å². The Balaban J connectivity index is 1.87. The smallest absolute Gasteiger partial charge is 0.182 e. The lowest BCUT2D eigenvalue weighted by Crippen LogP contribution is -2.33. The van der Waals surface area contributed by atoms with Gasteiger partial charge in [-0.05, 0) is 37.1 Å². The molecule has 178 valence electrons. The van der Waals surface area contributed by atoms with E-state index in [0.717, 1.165) is 11.8 Å². The van der Waals surface area contributed by atoms with Gasteiger partial charge in [0.15, 0.2) is 17.8 Å². The Labute approximate surface area is 200 Å². The van der Waals surface area contributed by atoms with Crippen molar-refractivity contribution in [3.63, 3.8) is 0 Å². The Morgan fingerprint density at radius 2 is 2.15 bits per heavy atom. The highest BCUT2D eigenvalue weighted by Crippen LogP contribution is 2.32. The first kappa shape index (κ1) is 25.1. The van der Waals surface area contributed by atoms with Crippen molar-refractivity contribution in [2.45, 2.75) is 18.1 Å². The van der Waals surface area contributed by atoms with E-state index in [4.69, 9.17) is 21.6 Å². The summed E-state index contributed by atoms with van der Waals surface area (Å²) in [7, 11) is 1.53. The van der Waals surface area contributed by atoms with Crippen LogP contribution in [-0.4, -0.2) is 52.0 Å². The van der Waals surface area contributed by atoms with Gasteiger partial charge in [0.1, 0.15) is 30.0 Å². The van der Waals surface area contributed by atoms with Crippen molar-refractivity contribution in [3.8, 4) is 18.1 Å². The Kier molecular flexibility index (Phi) is 8.56. The largest absolute Gasteiger partial charge is 0.479 e. The number of fused-ring (bicyclic) bond motifs is 1. The van der Waals surface area contributed by atoms with Crippen LogP contribution in [0, 0.1) is 18.2 Å². The lowest BCUT2D eigenvalue weighted by molar-refractivity contribution is 0.173. The Hall–Kier alpha value is -3.49. The second-order valence-corrected chi connectivity index (χ2v) is 9.07. The van der Waals surface area contributed by atoms with E-state index in [1.165, 1.54) is 25.7 Å². The number of aromatic nitrogens is 3. The van der Waals surface area contributed by atoms with E-state index >= 15 is 0 Å². The molecule has 3 N–H and O–H groups in total. The van der Waals surface area contributed by atoms with E-state index in [0.29, 0.717) is 33.9 Å². The molecule has 2 aromatic heterocycles. The number of methoxy groups -OCH3 is 1. The number of ether oxygens (including phenoxy) is 2. The first-order valence-electron chi connectivity index (χ1n) is 10.1. The molecular weight excluding hydrogens is 462 g/mol. The van der Waals surface area contributed by atoms with Crippen LogP contribution >= 0.6 is 11.8 Å².